The normalized spacial score (nSPS) is 23.2. The number of hydrogen-bond donors (Lipinski definition) is 1. The third kappa shape index (κ3) is 5.65. The molecule has 2 saturated heterocycles. The maximum Gasteiger partial charge on any atom is 0.490 e. The first-order valence-electron chi connectivity index (χ1n) is 10.0. The molecule has 32 heavy (non-hydrogen) atoms. The molecule has 3 atom stereocenters. The quantitative estimate of drug-likeness (QED) is 0.757. The number of amides is 1. The highest BCUT2D eigenvalue weighted by Crippen LogP contribution is 2.34. The number of hydrogen-bond acceptors (Lipinski definition) is 6. The fourth-order valence-corrected chi connectivity index (χ4v) is 4.17. The third-order valence-electron chi connectivity index (χ3n) is 5.59. The summed E-state index contributed by atoms with van der Waals surface area (Å²) in [5.74, 6) is -1.46. The van der Waals surface area contributed by atoms with Crippen molar-refractivity contribution in [2.45, 2.75) is 31.3 Å². The van der Waals surface area contributed by atoms with E-state index in [1.54, 1.807) is 25.6 Å². The van der Waals surface area contributed by atoms with Crippen molar-refractivity contribution in [1.82, 2.24) is 14.8 Å². The molecule has 0 spiro atoms. The summed E-state index contributed by atoms with van der Waals surface area (Å²) < 4.78 is 42.9. The van der Waals surface area contributed by atoms with Gasteiger partial charge in [-0.15, -0.1) is 0 Å². The Morgan fingerprint density at radius 2 is 2.00 bits per heavy atom. The lowest BCUT2D eigenvalue weighted by Crippen LogP contribution is -2.53. The number of furan rings is 1. The Labute approximate surface area is 182 Å². The number of alkyl halides is 3. The van der Waals surface area contributed by atoms with E-state index in [9.17, 15) is 18.0 Å². The summed E-state index contributed by atoms with van der Waals surface area (Å²) in [6, 6.07) is 9.53. The average molecular weight is 455 g/mol. The van der Waals surface area contributed by atoms with Crippen LogP contribution in [0.4, 0.5) is 13.2 Å². The van der Waals surface area contributed by atoms with Crippen molar-refractivity contribution in [3.8, 4) is 0 Å². The first kappa shape index (κ1) is 23.7. The van der Waals surface area contributed by atoms with Crippen molar-refractivity contribution in [2.75, 3.05) is 26.7 Å². The Bertz CT molecular complexity index is 892. The highest BCUT2D eigenvalue weighted by molar-refractivity contribution is 5.92. The van der Waals surface area contributed by atoms with Gasteiger partial charge in [-0.25, -0.2) is 4.79 Å². The summed E-state index contributed by atoms with van der Waals surface area (Å²) in [5, 5.41) is 7.12. The smallest absolute Gasteiger partial charge is 0.475 e. The van der Waals surface area contributed by atoms with E-state index in [4.69, 9.17) is 19.1 Å². The zero-order valence-electron chi connectivity index (χ0n) is 17.4. The number of nitrogens with zero attached hydrogens (tertiary/aromatic N) is 3. The number of carboxylic acids is 1. The zero-order valence-corrected chi connectivity index (χ0v) is 17.4. The Kier molecular flexibility index (Phi) is 7.52. The molecule has 0 saturated carbocycles. The van der Waals surface area contributed by atoms with Crippen LogP contribution in [0, 0.1) is 5.92 Å². The molecule has 0 aromatic carbocycles. The van der Waals surface area contributed by atoms with Crippen LogP contribution in [0.1, 0.15) is 22.7 Å². The molecular weight excluding hydrogens is 431 g/mol. The number of carbonyl (C=O) groups excluding carboxylic acids is 1. The van der Waals surface area contributed by atoms with Gasteiger partial charge in [0.15, 0.2) is 0 Å². The summed E-state index contributed by atoms with van der Waals surface area (Å²) >= 11 is 0. The number of rotatable bonds is 4. The van der Waals surface area contributed by atoms with E-state index in [1.165, 1.54) is 0 Å². The van der Waals surface area contributed by atoms with E-state index in [2.05, 4.69) is 9.88 Å². The summed E-state index contributed by atoms with van der Waals surface area (Å²) in [5.41, 5.74) is 0.515. The fourth-order valence-electron chi connectivity index (χ4n) is 4.17. The molecule has 2 aromatic heterocycles. The molecule has 1 N–H and O–H groups in total. The topological polar surface area (TPSA) is 96.1 Å². The SMILES string of the molecule is CO[C@@H]1CCN(C(=O)c2ccccn2)[C@@H]2CN(Cc3ccco3)C[C@@H]21.O=C(O)C(F)(F)F. The molecule has 0 bridgehead atoms. The summed E-state index contributed by atoms with van der Waals surface area (Å²) in [6.45, 7) is 3.23. The second-order valence-corrected chi connectivity index (χ2v) is 7.58. The lowest BCUT2D eigenvalue weighted by atomic mass is 9.88. The number of piperidine rings is 1. The molecule has 4 heterocycles. The van der Waals surface area contributed by atoms with Crippen LogP contribution >= 0.6 is 0 Å². The van der Waals surface area contributed by atoms with E-state index < -0.39 is 12.1 Å². The van der Waals surface area contributed by atoms with Crippen LogP contribution in [-0.2, 0) is 16.1 Å². The number of likely N-dealkylation sites (tertiary alicyclic amines) is 2. The monoisotopic (exact) mass is 455 g/mol. The van der Waals surface area contributed by atoms with Gasteiger partial charge in [-0.3, -0.25) is 14.7 Å². The van der Waals surface area contributed by atoms with Crippen molar-refractivity contribution >= 4 is 11.9 Å². The molecule has 2 aliphatic rings. The largest absolute Gasteiger partial charge is 0.490 e. The van der Waals surface area contributed by atoms with Gasteiger partial charge in [-0.1, -0.05) is 6.07 Å². The zero-order chi connectivity index (χ0) is 23.3. The number of carboxylic acid groups (broad SMARTS) is 1. The number of fused-ring (bicyclic) bond motifs is 1. The van der Waals surface area contributed by atoms with Gasteiger partial charge in [-0.05, 0) is 30.7 Å². The number of pyridine rings is 1. The van der Waals surface area contributed by atoms with Gasteiger partial charge in [0, 0.05) is 38.9 Å². The number of carbonyl (C=O) groups is 2. The minimum Gasteiger partial charge on any atom is -0.475 e. The van der Waals surface area contributed by atoms with Gasteiger partial charge in [0.2, 0.25) is 0 Å². The maximum absolute atomic E-state index is 12.9. The van der Waals surface area contributed by atoms with Crippen LogP contribution in [-0.4, -0.2) is 76.8 Å². The fraction of sp³-hybridized carbons (Fsp3) is 0.476. The molecular formula is C21H24F3N3O5. The van der Waals surface area contributed by atoms with Crippen molar-refractivity contribution in [3.63, 3.8) is 0 Å². The molecule has 2 fully saturated rings. The van der Waals surface area contributed by atoms with Gasteiger partial charge in [-0.2, -0.15) is 13.2 Å². The van der Waals surface area contributed by atoms with Crippen LogP contribution in [0.15, 0.2) is 47.2 Å². The van der Waals surface area contributed by atoms with Crippen molar-refractivity contribution in [3.05, 3.63) is 54.2 Å². The summed E-state index contributed by atoms with van der Waals surface area (Å²) in [4.78, 5) is 30.4. The molecule has 8 nitrogen and oxygen atoms in total. The maximum atomic E-state index is 12.9. The first-order valence-corrected chi connectivity index (χ1v) is 10.0. The second-order valence-electron chi connectivity index (χ2n) is 7.58. The van der Waals surface area contributed by atoms with E-state index in [0.29, 0.717) is 18.2 Å². The van der Waals surface area contributed by atoms with Crippen molar-refractivity contribution < 1.29 is 37.0 Å². The lowest BCUT2D eigenvalue weighted by molar-refractivity contribution is -0.192. The first-order chi connectivity index (χ1) is 15.2. The number of aromatic nitrogens is 1. The third-order valence-corrected chi connectivity index (χ3v) is 5.59. The molecule has 2 aliphatic heterocycles. The Hall–Kier alpha value is -2.92. The predicted molar refractivity (Wildman–Crippen MR) is 106 cm³/mol. The molecule has 0 aliphatic carbocycles. The Morgan fingerprint density at radius 1 is 1.25 bits per heavy atom. The van der Waals surface area contributed by atoms with E-state index >= 15 is 0 Å². The molecule has 0 radical (unpaired) electrons. The van der Waals surface area contributed by atoms with E-state index in [-0.39, 0.29) is 18.1 Å². The van der Waals surface area contributed by atoms with E-state index in [0.717, 1.165) is 31.8 Å². The van der Waals surface area contributed by atoms with E-state index in [1.807, 2.05) is 29.2 Å². The molecule has 0 unspecified atom stereocenters. The van der Waals surface area contributed by atoms with Crippen molar-refractivity contribution in [1.29, 1.82) is 0 Å². The van der Waals surface area contributed by atoms with Crippen LogP contribution < -0.4 is 0 Å². The van der Waals surface area contributed by atoms with Crippen molar-refractivity contribution in [2.24, 2.45) is 5.92 Å². The summed E-state index contributed by atoms with van der Waals surface area (Å²) in [6.07, 6.45) is -0.651. The molecule has 174 valence electrons. The Morgan fingerprint density at radius 3 is 2.56 bits per heavy atom. The van der Waals surface area contributed by atoms with Gasteiger partial charge < -0.3 is 19.2 Å². The minimum atomic E-state index is -5.08. The predicted octanol–water partition coefficient (Wildman–Crippen LogP) is 2.67. The standard InChI is InChI=1S/C19H23N3O3.C2HF3O2/c1-24-18-7-9-22(19(23)16-6-2-3-8-20-16)17-13-21(12-15(17)18)11-14-5-4-10-25-14;3-2(4,5)1(6)7/h2-6,8,10,15,17-18H,7,9,11-13H2,1H3;(H,6,7)/t15-,17+,18+;/m0./s1. The molecule has 2 aromatic rings. The second kappa shape index (κ2) is 10.1. The number of methoxy groups -OCH3 is 1. The van der Waals surface area contributed by atoms with Gasteiger partial charge in [0.05, 0.1) is 25.0 Å². The average Bonchev–Trinajstić information content (AvgIpc) is 3.43. The molecule has 1 amide bonds. The summed E-state index contributed by atoms with van der Waals surface area (Å²) in [7, 11) is 1.77. The van der Waals surface area contributed by atoms with Gasteiger partial charge >= 0.3 is 12.1 Å². The highest BCUT2D eigenvalue weighted by atomic mass is 19.4. The highest BCUT2D eigenvalue weighted by Gasteiger charge is 2.46. The lowest BCUT2D eigenvalue weighted by Gasteiger charge is -2.40. The van der Waals surface area contributed by atoms with Crippen LogP contribution in [0.5, 0.6) is 0 Å². The van der Waals surface area contributed by atoms with Gasteiger partial charge in [0.25, 0.3) is 5.91 Å². The number of aliphatic carboxylic acids is 1. The molecule has 11 heteroatoms. The Balaban J connectivity index is 0.000000360. The van der Waals surface area contributed by atoms with Crippen LogP contribution in [0.25, 0.3) is 0 Å². The van der Waals surface area contributed by atoms with Crippen LogP contribution in [0.2, 0.25) is 0 Å². The minimum absolute atomic E-state index is 0.0185. The number of halogens is 3. The number of ether oxygens (including phenoxy) is 1. The van der Waals surface area contributed by atoms with Crippen LogP contribution in [0.3, 0.4) is 0 Å². The molecule has 4 rings (SSSR count). The van der Waals surface area contributed by atoms with Gasteiger partial charge in [0.1, 0.15) is 11.5 Å².